The highest BCUT2D eigenvalue weighted by Gasteiger charge is 2.42. The summed E-state index contributed by atoms with van der Waals surface area (Å²) in [6.07, 6.45) is 3.10. The van der Waals surface area contributed by atoms with E-state index in [0.29, 0.717) is 82.0 Å². The number of nitrogens with zero attached hydrogens (tertiary/aromatic N) is 3. The van der Waals surface area contributed by atoms with Crippen LogP contribution in [-0.2, 0) is 20.8 Å². The van der Waals surface area contributed by atoms with Crippen molar-refractivity contribution in [1.82, 2.24) is 25.6 Å². The van der Waals surface area contributed by atoms with E-state index in [1.807, 2.05) is 37.8 Å². The van der Waals surface area contributed by atoms with Gasteiger partial charge in [-0.1, -0.05) is 32.0 Å². The van der Waals surface area contributed by atoms with Crippen molar-refractivity contribution in [2.45, 2.75) is 83.8 Å². The summed E-state index contributed by atoms with van der Waals surface area (Å²) < 4.78 is 17.3. The molecule has 0 saturated carbocycles. The lowest BCUT2D eigenvalue weighted by Gasteiger charge is -2.23. The van der Waals surface area contributed by atoms with E-state index in [9.17, 15) is 19.2 Å². The van der Waals surface area contributed by atoms with Gasteiger partial charge in [0.05, 0.1) is 13.7 Å². The van der Waals surface area contributed by atoms with Crippen molar-refractivity contribution < 1.29 is 33.2 Å². The summed E-state index contributed by atoms with van der Waals surface area (Å²) in [5.74, 6) is 1.01. The Bertz CT molecular complexity index is 1310. The number of hydrogen-bond acceptors (Lipinski definition) is 8. The lowest BCUT2D eigenvalue weighted by atomic mass is 10.1. The number of nitrogens with one attached hydrogen (secondary N) is 2. The predicted octanol–water partition coefficient (Wildman–Crippen LogP) is 3.06. The molecular weight excluding hydrogens is 566 g/mol. The molecule has 4 amide bonds. The number of carbonyl (C=O) groups is 4. The van der Waals surface area contributed by atoms with Crippen LogP contribution in [0, 0.1) is 0 Å². The third-order valence-electron chi connectivity index (χ3n) is 8.04. The number of rotatable bonds is 4. The fourth-order valence-electron chi connectivity index (χ4n) is 5.50. The number of fused-ring (bicyclic) bond motifs is 15. The molecule has 0 radical (unpaired) electrons. The minimum absolute atomic E-state index is 0.0510. The molecule has 12 nitrogen and oxygen atoms in total. The molecule has 1 saturated heterocycles. The van der Waals surface area contributed by atoms with Crippen LogP contribution >= 0.6 is 0 Å². The van der Waals surface area contributed by atoms with Crippen LogP contribution < -0.4 is 20.1 Å². The molecule has 1 aromatic carbocycles. The topological polar surface area (TPSA) is 143 Å². The first-order chi connectivity index (χ1) is 21.2. The molecule has 12 heteroatoms. The molecule has 2 aromatic rings. The first-order valence-corrected chi connectivity index (χ1v) is 15.6. The van der Waals surface area contributed by atoms with Crippen molar-refractivity contribution in [3.63, 3.8) is 0 Å². The third-order valence-corrected chi connectivity index (χ3v) is 8.04. The Hall–Kier alpha value is -4.09. The van der Waals surface area contributed by atoms with E-state index in [1.165, 1.54) is 4.90 Å². The summed E-state index contributed by atoms with van der Waals surface area (Å²) in [4.78, 5) is 55.3. The van der Waals surface area contributed by atoms with Gasteiger partial charge in [0.15, 0.2) is 17.2 Å². The second kappa shape index (κ2) is 15.6. The Labute approximate surface area is 258 Å². The van der Waals surface area contributed by atoms with E-state index in [1.54, 1.807) is 19.2 Å². The van der Waals surface area contributed by atoms with Gasteiger partial charge in [-0.05, 0) is 43.4 Å². The Morgan fingerprint density at radius 3 is 2.57 bits per heavy atom. The number of amides is 4. The van der Waals surface area contributed by atoms with Gasteiger partial charge in [0, 0.05) is 57.4 Å². The zero-order valence-electron chi connectivity index (χ0n) is 26.2. The molecule has 0 aliphatic carbocycles. The van der Waals surface area contributed by atoms with Crippen molar-refractivity contribution >= 4 is 23.6 Å². The van der Waals surface area contributed by atoms with E-state index in [0.717, 1.165) is 5.56 Å². The Kier molecular flexibility index (Phi) is 11.6. The average Bonchev–Trinajstić information content (AvgIpc) is 3.68. The number of hydrogen-bond donors (Lipinski definition) is 2. The van der Waals surface area contributed by atoms with Gasteiger partial charge < -0.3 is 34.4 Å². The summed E-state index contributed by atoms with van der Waals surface area (Å²) in [6, 6.07) is 6.39. The summed E-state index contributed by atoms with van der Waals surface area (Å²) in [6.45, 7) is 7.93. The molecule has 3 aliphatic rings. The lowest BCUT2D eigenvalue weighted by molar-refractivity contribution is -0.131. The fraction of sp³-hybridized carbons (Fsp3) is 0.594. The van der Waals surface area contributed by atoms with Gasteiger partial charge in [-0.3, -0.25) is 19.2 Å². The SMILES string of the molecule is CCC(=O)N1CCCCNC(=O)[C@@H]2C[C@@H](CN2C(=O)c2cc(C(C)C)on2)Oc2ccc(cc2OC)CCC(=O)NCCC1. The molecule has 4 heterocycles. The number of likely N-dealkylation sites (tertiary alicyclic amines) is 1. The van der Waals surface area contributed by atoms with E-state index >= 15 is 0 Å². The van der Waals surface area contributed by atoms with Crippen LogP contribution in [0.3, 0.4) is 0 Å². The molecule has 0 unspecified atom stereocenters. The highest BCUT2D eigenvalue weighted by molar-refractivity contribution is 5.96. The standard InChI is InChI=1S/C32H45N5O7/c1-5-30(39)36-15-7-6-13-34-31(40)25-18-23(20-37(25)32(41)24-19-27(21(2)3)44-35-24)43-26-11-9-22(17-28(26)42-4)10-12-29(38)33-14-8-16-36/h9,11,17,19,21,23,25H,5-8,10,12-16,18,20H2,1-4H3,(H,33,38)(H,34,40)/t23-,25-/m0/s1. The van der Waals surface area contributed by atoms with E-state index in [-0.39, 0.29) is 42.3 Å². The molecule has 0 spiro atoms. The number of ether oxygens (including phenoxy) is 2. The second-order valence-electron chi connectivity index (χ2n) is 11.6. The summed E-state index contributed by atoms with van der Waals surface area (Å²) in [5.41, 5.74) is 1.06. The van der Waals surface area contributed by atoms with Crippen LogP contribution in [-0.4, -0.2) is 90.6 Å². The van der Waals surface area contributed by atoms with Gasteiger partial charge in [-0.15, -0.1) is 0 Å². The van der Waals surface area contributed by atoms with Gasteiger partial charge in [0.2, 0.25) is 17.7 Å². The first kappa shape index (κ1) is 32.8. The third kappa shape index (κ3) is 8.51. The van der Waals surface area contributed by atoms with Gasteiger partial charge in [0.25, 0.3) is 5.91 Å². The summed E-state index contributed by atoms with van der Waals surface area (Å²) in [7, 11) is 1.55. The van der Waals surface area contributed by atoms with E-state index in [4.69, 9.17) is 14.0 Å². The fourth-order valence-corrected chi connectivity index (χ4v) is 5.50. The first-order valence-electron chi connectivity index (χ1n) is 15.6. The Balaban J connectivity index is 1.54. The zero-order valence-corrected chi connectivity index (χ0v) is 26.2. The van der Waals surface area contributed by atoms with Gasteiger partial charge >= 0.3 is 0 Å². The smallest absolute Gasteiger partial charge is 0.276 e. The second-order valence-corrected chi connectivity index (χ2v) is 11.6. The van der Waals surface area contributed by atoms with Crippen LogP contribution in [0.5, 0.6) is 11.5 Å². The molecule has 1 aromatic heterocycles. The normalized spacial score (nSPS) is 20.8. The summed E-state index contributed by atoms with van der Waals surface area (Å²) in [5, 5.41) is 9.91. The van der Waals surface area contributed by atoms with Gasteiger partial charge in [-0.25, -0.2) is 0 Å². The Morgan fingerprint density at radius 2 is 1.84 bits per heavy atom. The van der Waals surface area contributed by atoms with E-state index in [2.05, 4.69) is 15.8 Å². The molecule has 2 atom stereocenters. The summed E-state index contributed by atoms with van der Waals surface area (Å²) >= 11 is 0. The van der Waals surface area contributed by atoms with E-state index < -0.39 is 18.1 Å². The van der Waals surface area contributed by atoms with Crippen molar-refractivity contribution in [3.8, 4) is 11.5 Å². The maximum atomic E-state index is 13.6. The Morgan fingerprint density at radius 1 is 1.07 bits per heavy atom. The van der Waals surface area contributed by atoms with Crippen LogP contribution in [0.25, 0.3) is 0 Å². The molecule has 4 bridgehead atoms. The largest absolute Gasteiger partial charge is 0.493 e. The lowest BCUT2D eigenvalue weighted by Crippen LogP contribution is -2.46. The number of aromatic nitrogens is 1. The highest BCUT2D eigenvalue weighted by atomic mass is 16.5. The zero-order chi connectivity index (χ0) is 31.6. The molecule has 3 aliphatic heterocycles. The number of methoxy groups -OCH3 is 1. The molecule has 1 fully saturated rings. The minimum atomic E-state index is -0.758. The van der Waals surface area contributed by atoms with Crippen molar-refractivity contribution in [2.24, 2.45) is 0 Å². The highest BCUT2D eigenvalue weighted by Crippen LogP contribution is 2.33. The number of benzene rings is 1. The molecule has 2 N–H and O–H groups in total. The van der Waals surface area contributed by atoms with Crippen molar-refractivity contribution in [3.05, 3.63) is 41.3 Å². The molecule has 44 heavy (non-hydrogen) atoms. The van der Waals surface area contributed by atoms with Crippen molar-refractivity contribution in [2.75, 3.05) is 39.8 Å². The molecule has 240 valence electrons. The number of carbonyl (C=O) groups excluding carboxylic acids is 4. The quantitative estimate of drug-likeness (QED) is 0.537. The average molecular weight is 612 g/mol. The maximum Gasteiger partial charge on any atom is 0.276 e. The minimum Gasteiger partial charge on any atom is -0.493 e. The molecular formula is C32H45N5O7. The van der Waals surface area contributed by atoms with Crippen LogP contribution in [0.15, 0.2) is 28.8 Å². The van der Waals surface area contributed by atoms with Crippen LogP contribution in [0.4, 0.5) is 0 Å². The van der Waals surface area contributed by atoms with Crippen LogP contribution in [0.1, 0.15) is 87.0 Å². The van der Waals surface area contributed by atoms with Gasteiger partial charge in [-0.2, -0.15) is 0 Å². The predicted molar refractivity (Wildman–Crippen MR) is 163 cm³/mol. The number of aryl methyl sites for hydroxylation is 1. The monoisotopic (exact) mass is 611 g/mol. The molecule has 5 rings (SSSR count). The van der Waals surface area contributed by atoms with Crippen molar-refractivity contribution in [1.29, 1.82) is 0 Å². The van der Waals surface area contributed by atoms with Gasteiger partial charge in [0.1, 0.15) is 17.9 Å². The maximum absolute atomic E-state index is 13.6. The van der Waals surface area contributed by atoms with Crippen LogP contribution in [0.2, 0.25) is 0 Å².